The van der Waals surface area contributed by atoms with Crippen LogP contribution in [-0.4, -0.2) is 32.8 Å². The van der Waals surface area contributed by atoms with Gasteiger partial charge in [-0.2, -0.15) is 5.26 Å². The lowest BCUT2D eigenvalue weighted by atomic mass is 10.1. The Morgan fingerprint density at radius 1 is 1.33 bits per heavy atom. The highest BCUT2D eigenvalue weighted by Gasteiger charge is 2.28. The Hall–Kier alpha value is -3.80. The number of fused-ring (bicyclic) bond motifs is 1. The van der Waals surface area contributed by atoms with Crippen LogP contribution >= 0.6 is 0 Å². The summed E-state index contributed by atoms with van der Waals surface area (Å²) in [5, 5.41) is 9.23. The lowest BCUT2D eigenvalue weighted by Gasteiger charge is -2.27. The summed E-state index contributed by atoms with van der Waals surface area (Å²) in [6, 6.07) is 7.38. The lowest BCUT2D eigenvalue weighted by Crippen LogP contribution is -2.40. The molecule has 0 spiro atoms. The van der Waals surface area contributed by atoms with Gasteiger partial charge in [0.15, 0.2) is 0 Å². The van der Waals surface area contributed by atoms with E-state index in [9.17, 15) is 19.2 Å². The van der Waals surface area contributed by atoms with E-state index in [1.807, 2.05) is 6.07 Å². The highest BCUT2D eigenvalue weighted by Crippen LogP contribution is 2.24. The van der Waals surface area contributed by atoms with Gasteiger partial charge in [-0.1, -0.05) is 0 Å². The first-order valence-electron chi connectivity index (χ1n) is 9.24. The van der Waals surface area contributed by atoms with E-state index < -0.39 is 23.1 Å². The Morgan fingerprint density at radius 3 is 2.63 bits per heavy atom. The summed E-state index contributed by atoms with van der Waals surface area (Å²) in [4.78, 5) is 35.6. The van der Waals surface area contributed by atoms with Crippen molar-refractivity contribution in [2.45, 2.75) is 33.3 Å². The van der Waals surface area contributed by atoms with E-state index >= 15 is 0 Å². The first-order chi connectivity index (χ1) is 14.2. The van der Waals surface area contributed by atoms with E-state index in [1.165, 1.54) is 18.5 Å². The predicted octanol–water partition coefficient (Wildman–Crippen LogP) is 3.55. The quantitative estimate of drug-likeness (QED) is 0.656. The number of carbonyl (C=O) groups is 1. The van der Waals surface area contributed by atoms with E-state index in [4.69, 9.17) is 4.74 Å². The molecular weight excluding hydrogens is 389 g/mol. The highest BCUT2D eigenvalue weighted by atomic mass is 19.1. The van der Waals surface area contributed by atoms with Crippen molar-refractivity contribution in [3.63, 3.8) is 0 Å². The SMILES string of the molecule is CCN(C(=O)OC(C)(C)C)c1nc2c(F)ccc(C#N)c2c(=O)n1-c1cccnc1. The number of nitriles is 1. The van der Waals surface area contributed by atoms with Crippen molar-refractivity contribution in [2.75, 3.05) is 11.4 Å². The maximum atomic E-state index is 14.6. The number of carbonyl (C=O) groups excluding carboxylic acids is 1. The monoisotopic (exact) mass is 409 g/mol. The predicted molar refractivity (Wildman–Crippen MR) is 109 cm³/mol. The molecule has 0 atom stereocenters. The Kier molecular flexibility index (Phi) is 5.52. The van der Waals surface area contributed by atoms with Gasteiger partial charge >= 0.3 is 6.09 Å². The normalized spacial score (nSPS) is 11.2. The fraction of sp³-hybridized carbons (Fsp3) is 0.286. The van der Waals surface area contributed by atoms with Crippen LogP contribution < -0.4 is 10.5 Å². The van der Waals surface area contributed by atoms with Gasteiger partial charge in [0.25, 0.3) is 5.56 Å². The van der Waals surface area contributed by atoms with Crippen molar-refractivity contribution in [3.05, 3.63) is 58.4 Å². The van der Waals surface area contributed by atoms with Crippen molar-refractivity contribution < 1.29 is 13.9 Å². The van der Waals surface area contributed by atoms with Crippen LogP contribution in [-0.2, 0) is 4.74 Å². The number of ether oxygens (including phenoxy) is 1. The molecule has 0 aliphatic rings. The van der Waals surface area contributed by atoms with Gasteiger partial charge in [-0.15, -0.1) is 0 Å². The van der Waals surface area contributed by atoms with Crippen molar-refractivity contribution in [3.8, 4) is 11.8 Å². The molecule has 0 saturated heterocycles. The number of hydrogen-bond acceptors (Lipinski definition) is 6. The molecule has 1 amide bonds. The first-order valence-corrected chi connectivity index (χ1v) is 9.24. The van der Waals surface area contributed by atoms with Gasteiger partial charge in [0.05, 0.1) is 22.8 Å². The average molecular weight is 409 g/mol. The highest BCUT2D eigenvalue weighted by molar-refractivity contribution is 5.90. The first kappa shape index (κ1) is 20.9. The molecule has 0 saturated carbocycles. The number of pyridine rings is 1. The molecule has 8 nitrogen and oxygen atoms in total. The third-order valence-corrected chi connectivity index (χ3v) is 4.15. The minimum atomic E-state index is -0.792. The fourth-order valence-electron chi connectivity index (χ4n) is 2.91. The van der Waals surface area contributed by atoms with E-state index in [0.29, 0.717) is 5.69 Å². The van der Waals surface area contributed by atoms with Crippen LogP contribution in [0.25, 0.3) is 16.6 Å². The summed E-state index contributed by atoms with van der Waals surface area (Å²) in [5.41, 5.74) is -1.49. The molecular formula is C21H20FN5O3. The van der Waals surface area contributed by atoms with E-state index in [-0.39, 0.29) is 29.0 Å². The molecule has 0 unspecified atom stereocenters. The van der Waals surface area contributed by atoms with Gasteiger partial charge in [-0.3, -0.25) is 9.78 Å². The zero-order valence-corrected chi connectivity index (χ0v) is 17.0. The number of nitrogens with zero attached hydrogens (tertiary/aromatic N) is 5. The van der Waals surface area contributed by atoms with Crippen LogP contribution in [0.1, 0.15) is 33.3 Å². The summed E-state index contributed by atoms with van der Waals surface area (Å²) in [6.45, 7) is 6.90. The number of halogens is 1. The smallest absolute Gasteiger partial charge is 0.417 e. The third-order valence-electron chi connectivity index (χ3n) is 4.15. The summed E-state index contributed by atoms with van der Waals surface area (Å²) >= 11 is 0. The molecule has 0 bridgehead atoms. The van der Waals surface area contributed by atoms with Crippen LogP contribution in [0.5, 0.6) is 0 Å². The molecule has 0 N–H and O–H groups in total. The molecule has 9 heteroatoms. The third kappa shape index (κ3) is 3.85. The average Bonchev–Trinajstić information content (AvgIpc) is 2.69. The number of amides is 1. The Bertz CT molecular complexity index is 1210. The molecule has 0 aliphatic carbocycles. The number of aromatic nitrogens is 3. The van der Waals surface area contributed by atoms with Crippen molar-refractivity contribution >= 4 is 22.9 Å². The van der Waals surface area contributed by atoms with Crippen LogP contribution in [0.4, 0.5) is 15.1 Å². The summed E-state index contributed by atoms with van der Waals surface area (Å²) in [5.74, 6) is -0.910. The largest absolute Gasteiger partial charge is 0.443 e. The van der Waals surface area contributed by atoms with Gasteiger partial charge in [0.1, 0.15) is 23.0 Å². The van der Waals surface area contributed by atoms with Crippen molar-refractivity contribution in [2.24, 2.45) is 0 Å². The van der Waals surface area contributed by atoms with E-state index in [2.05, 4.69) is 9.97 Å². The summed E-state index contributed by atoms with van der Waals surface area (Å²) in [6.07, 6.45) is 2.19. The van der Waals surface area contributed by atoms with Gasteiger partial charge in [-0.05, 0) is 52.0 Å². The van der Waals surface area contributed by atoms with Crippen LogP contribution in [0, 0.1) is 17.1 Å². The summed E-state index contributed by atoms with van der Waals surface area (Å²) in [7, 11) is 0. The molecule has 3 rings (SSSR count). The Balaban J connectivity index is 2.40. The van der Waals surface area contributed by atoms with E-state index in [1.54, 1.807) is 39.8 Å². The molecule has 1 aromatic carbocycles. The number of hydrogen-bond donors (Lipinski definition) is 0. The zero-order chi connectivity index (χ0) is 22.1. The van der Waals surface area contributed by atoms with Crippen LogP contribution in [0.15, 0.2) is 41.5 Å². The molecule has 2 aromatic heterocycles. The Morgan fingerprint density at radius 2 is 2.07 bits per heavy atom. The van der Waals surface area contributed by atoms with Gasteiger partial charge in [0.2, 0.25) is 5.95 Å². The molecule has 30 heavy (non-hydrogen) atoms. The molecule has 3 aromatic rings. The maximum Gasteiger partial charge on any atom is 0.417 e. The number of rotatable bonds is 3. The number of benzene rings is 1. The second-order valence-corrected chi connectivity index (χ2v) is 7.42. The molecule has 0 aliphatic heterocycles. The van der Waals surface area contributed by atoms with Crippen LogP contribution in [0.2, 0.25) is 0 Å². The maximum absolute atomic E-state index is 14.6. The molecule has 154 valence electrons. The van der Waals surface area contributed by atoms with E-state index in [0.717, 1.165) is 15.5 Å². The summed E-state index contributed by atoms with van der Waals surface area (Å²) < 4.78 is 21.1. The second-order valence-electron chi connectivity index (χ2n) is 7.42. The zero-order valence-electron chi connectivity index (χ0n) is 17.0. The minimum Gasteiger partial charge on any atom is -0.443 e. The van der Waals surface area contributed by atoms with Crippen LogP contribution in [0.3, 0.4) is 0 Å². The molecule has 0 radical (unpaired) electrons. The topological polar surface area (TPSA) is 101 Å². The Labute approximate surface area is 172 Å². The fourth-order valence-corrected chi connectivity index (χ4v) is 2.91. The lowest BCUT2D eigenvalue weighted by molar-refractivity contribution is 0.0579. The van der Waals surface area contributed by atoms with Crippen molar-refractivity contribution in [1.29, 1.82) is 5.26 Å². The minimum absolute atomic E-state index is 0.0200. The molecule has 2 heterocycles. The van der Waals surface area contributed by atoms with Gasteiger partial charge in [-0.25, -0.2) is 23.6 Å². The second kappa shape index (κ2) is 7.91. The standard InChI is InChI=1S/C21H20FN5O3/c1-5-26(20(29)30-21(2,3)4)19-25-17-15(22)9-8-13(11-23)16(17)18(28)27(19)14-7-6-10-24-12-14/h6-10,12H,5H2,1-4H3. The van der Waals surface area contributed by atoms with Gasteiger partial charge < -0.3 is 4.74 Å². The molecule has 0 fully saturated rings. The van der Waals surface area contributed by atoms with Crippen molar-refractivity contribution in [1.82, 2.24) is 14.5 Å². The number of anilines is 1. The van der Waals surface area contributed by atoms with Gasteiger partial charge in [0, 0.05) is 12.7 Å².